The molecule has 0 heterocycles. The summed E-state index contributed by atoms with van der Waals surface area (Å²) < 4.78 is 26.6. The van der Waals surface area contributed by atoms with Gasteiger partial charge in [0.15, 0.2) is 0 Å². The molecule has 0 aromatic heterocycles. The number of hydrogen-bond acceptors (Lipinski definition) is 3. The van der Waals surface area contributed by atoms with Gasteiger partial charge in [-0.1, -0.05) is 23.7 Å². The van der Waals surface area contributed by atoms with Crippen molar-refractivity contribution in [3.05, 3.63) is 71.3 Å². The first-order chi connectivity index (χ1) is 11.3. The van der Waals surface area contributed by atoms with Gasteiger partial charge in [-0.3, -0.25) is 4.79 Å². The maximum Gasteiger partial charge on any atom is 0.255 e. The van der Waals surface area contributed by atoms with E-state index in [0.717, 1.165) is 5.56 Å². The first-order valence-corrected chi connectivity index (χ1v) is 8.98. The Kier molecular flexibility index (Phi) is 5.77. The lowest BCUT2D eigenvalue weighted by molar-refractivity contribution is 0.102. The lowest BCUT2D eigenvalue weighted by Crippen LogP contribution is -2.24. The minimum atomic E-state index is -3.68. The number of benzene rings is 2. The Morgan fingerprint density at radius 1 is 1.25 bits per heavy atom. The molecule has 0 fully saturated rings. The third kappa shape index (κ3) is 4.44. The molecule has 2 rings (SSSR count). The van der Waals surface area contributed by atoms with E-state index in [4.69, 9.17) is 11.6 Å². The van der Waals surface area contributed by atoms with Crippen LogP contribution in [0.2, 0.25) is 5.02 Å². The molecule has 5 nitrogen and oxygen atoms in total. The van der Waals surface area contributed by atoms with Crippen LogP contribution in [-0.4, -0.2) is 20.9 Å². The number of anilines is 1. The zero-order chi connectivity index (χ0) is 17.7. The van der Waals surface area contributed by atoms with Crippen LogP contribution in [0.5, 0.6) is 0 Å². The van der Waals surface area contributed by atoms with Crippen LogP contribution in [0, 0.1) is 6.92 Å². The maximum absolute atomic E-state index is 12.4. The van der Waals surface area contributed by atoms with Crippen molar-refractivity contribution >= 4 is 33.2 Å². The second-order valence-corrected chi connectivity index (χ2v) is 7.29. The van der Waals surface area contributed by atoms with E-state index in [1.807, 2.05) is 6.92 Å². The summed E-state index contributed by atoms with van der Waals surface area (Å²) in [4.78, 5) is 12.4. The number of halogens is 1. The number of sulfonamides is 1. The van der Waals surface area contributed by atoms with Crippen LogP contribution in [0.1, 0.15) is 15.9 Å². The third-order valence-corrected chi connectivity index (χ3v) is 4.92. The predicted molar refractivity (Wildman–Crippen MR) is 96.0 cm³/mol. The van der Waals surface area contributed by atoms with Crippen LogP contribution in [0.4, 0.5) is 5.69 Å². The number of aryl methyl sites for hydroxylation is 1. The van der Waals surface area contributed by atoms with Crippen molar-refractivity contribution in [1.29, 1.82) is 0 Å². The number of nitrogens with one attached hydrogen (secondary N) is 2. The second kappa shape index (κ2) is 7.61. The summed E-state index contributed by atoms with van der Waals surface area (Å²) in [6.45, 7) is 5.40. The molecule has 2 aromatic carbocycles. The zero-order valence-corrected chi connectivity index (χ0v) is 14.6. The summed E-state index contributed by atoms with van der Waals surface area (Å²) in [5, 5.41) is 3.32. The van der Waals surface area contributed by atoms with Crippen LogP contribution >= 0.6 is 11.6 Å². The van der Waals surface area contributed by atoms with Gasteiger partial charge in [-0.25, -0.2) is 13.1 Å². The number of amides is 1. The molecule has 2 aromatic rings. The number of hydrogen-bond donors (Lipinski definition) is 2. The average molecular weight is 365 g/mol. The van der Waals surface area contributed by atoms with Gasteiger partial charge in [0, 0.05) is 22.8 Å². The molecule has 0 aliphatic heterocycles. The summed E-state index contributed by atoms with van der Waals surface area (Å²) in [7, 11) is -3.68. The van der Waals surface area contributed by atoms with E-state index >= 15 is 0 Å². The molecule has 1 amide bonds. The molecule has 0 radical (unpaired) electrons. The minimum Gasteiger partial charge on any atom is -0.322 e. The van der Waals surface area contributed by atoms with Crippen LogP contribution in [-0.2, 0) is 10.0 Å². The Bertz CT molecular complexity index is 879. The highest BCUT2D eigenvalue weighted by atomic mass is 35.5. The van der Waals surface area contributed by atoms with Gasteiger partial charge < -0.3 is 5.32 Å². The number of carbonyl (C=O) groups is 1. The van der Waals surface area contributed by atoms with E-state index in [0.29, 0.717) is 10.7 Å². The van der Waals surface area contributed by atoms with Gasteiger partial charge in [-0.15, -0.1) is 6.58 Å². The summed E-state index contributed by atoms with van der Waals surface area (Å²) in [5.41, 5.74) is 1.67. The molecule has 0 aliphatic rings. The highest BCUT2D eigenvalue weighted by Crippen LogP contribution is 2.21. The fraction of sp³-hybridized carbons (Fsp3) is 0.118. The quantitative estimate of drug-likeness (QED) is 0.772. The monoisotopic (exact) mass is 364 g/mol. The van der Waals surface area contributed by atoms with Crippen LogP contribution < -0.4 is 10.0 Å². The number of carbonyl (C=O) groups excluding carboxylic acids is 1. The van der Waals surface area contributed by atoms with E-state index in [1.54, 1.807) is 24.3 Å². The first kappa shape index (κ1) is 18.2. The van der Waals surface area contributed by atoms with Gasteiger partial charge in [0.05, 0.1) is 4.90 Å². The summed E-state index contributed by atoms with van der Waals surface area (Å²) >= 11 is 5.89. The third-order valence-electron chi connectivity index (χ3n) is 3.26. The topological polar surface area (TPSA) is 75.3 Å². The van der Waals surface area contributed by atoms with E-state index in [9.17, 15) is 13.2 Å². The zero-order valence-electron chi connectivity index (χ0n) is 13.0. The molecule has 0 bridgehead atoms. The average Bonchev–Trinajstić information content (AvgIpc) is 2.55. The van der Waals surface area contributed by atoms with Crippen molar-refractivity contribution in [3.63, 3.8) is 0 Å². The number of rotatable bonds is 6. The van der Waals surface area contributed by atoms with Gasteiger partial charge in [0.1, 0.15) is 0 Å². The Hall–Kier alpha value is -2.15. The smallest absolute Gasteiger partial charge is 0.255 e. The maximum atomic E-state index is 12.4. The van der Waals surface area contributed by atoms with Crippen molar-refractivity contribution in [2.45, 2.75) is 11.8 Å². The van der Waals surface area contributed by atoms with Crippen molar-refractivity contribution in [2.75, 3.05) is 11.9 Å². The van der Waals surface area contributed by atoms with E-state index in [2.05, 4.69) is 16.6 Å². The SMILES string of the molecule is C=CCNS(=O)(=O)c1cccc(C(=O)Nc2ccc(Cl)cc2C)c1. The molecule has 0 saturated heterocycles. The van der Waals surface area contributed by atoms with Gasteiger partial charge in [-0.2, -0.15) is 0 Å². The van der Waals surface area contributed by atoms with Gasteiger partial charge in [0.2, 0.25) is 10.0 Å². The van der Waals surface area contributed by atoms with Crippen molar-refractivity contribution < 1.29 is 13.2 Å². The van der Waals surface area contributed by atoms with Gasteiger partial charge >= 0.3 is 0 Å². The fourth-order valence-corrected chi connectivity index (χ4v) is 3.29. The molecule has 126 valence electrons. The standard InChI is InChI=1S/C17H17ClN2O3S/c1-3-9-19-24(22,23)15-6-4-5-13(11-15)17(21)20-16-8-7-14(18)10-12(16)2/h3-8,10-11,19H,1,9H2,2H3,(H,20,21). The van der Waals surface area contributed by atoms with E-state index in [-0.39, 0.29) is 17.0 Å². The minimum absolute atomic E-state index is 0.0184. The van der Waals surface area contributed by atoms with Crippen molar-refractivity contribution in [3.8, 4) is 0 Å². The molecule has 0 spiro atoms. The lowest BCUT2D eigenvalue weighted by atomic mass is 10.1. The molecule has 0 atom stereocenters. The van der Waals surface area contributed by atoms with Crippen molar-refractivity contribution in [2.24, 2.45) is 0 Å². The Labute approximate surface area is 146 Å². The summed E-state index contributed by atoms with van der Waals surface area (Å²) in [6, 6.07) is 10.9. The lowest BCUT2D eigenvalue weighted by Gasteiger charge is -2.10. The molecule has 0 unspecified atom stereocenters. The first-order valence-electron chi connectivity index (χ1n) is 7.11. The Morgan fingerprint density at radius 2 is 2.00 bits per heavy atom. The van der Waals surface area contributed by atoms with Crippen LogP contribution in [0.25, 0.3) is 0 Å². The molecule has 0 saturated carbocycles. The van der Waals surface area contributed by atoms with E-state index in [1.165, 1.54) is 24.3 Å². The van der Waals surface area contributed by atoms with Crippen molar-refractivity contribution in [1.82, 2.24) is 4.72 Å². The largest absolute Gasteiger partial charge is 0.322 e. The normalized spacial score (nSPS) is 11.1. The summed E-state index contributed by atoms with van der Waals surface area (Å²) in [5.74, 6) is -0.402. The Balaban J connectivity index is 2.24. The predicted octanol–water partition coefficient (Wildman–Crippen LogP) is 3.37. The fourth-order valence-electron chi connectivity index (χ4n) is 2.02. The van der Waals surface area contributed by atoms with E-state index < -0.39 is 15.9 Å². The molecule has 0 aliphatic carbocycles. The van der Waals surface area contributed by atoms with Crippen LogP contribution in [0.3, 0.4) is 0 Å². The molecule has 2 N–H and O–H groups in total. The Morgan fingerprint density at radius 3 is 2.67 bits per heavy atom. The molecule has 7 heteroatoms. The molecule has 24 heavy (non-hydrogen) atoms. The van der Waals surface area contributed by atoms with Crippen LogP contribution in [0.15, 0.2) is 60.0 Å². The highest BCUT2D eigenvalue weighted by Gasteiger charge is 2.16. The van der Waals surface area contributed by atoms with Gasteiger partial charge in [-0.05, 0) is 48.9 Å². The van der Waals surface area contributed by atoms with Gasteiger partial charge in [0.25, 0.3) is 5.91 Å². The molecular weight excluding hydrogens is 348 g/mol. The highest BCUT2D eigenvalue weighted by molar-refractivity contribution is 7.89. The second-order valence-electron chi connectivity index (χ2n) is 5.08. The summed E-state index contributed by atoms with van der Waals surface area (Å²) in [6.07, 6.45) is 1.44. The molecular formula is C17H17ClN2O3S.